The van der Waals surface area contributed by atoms with E-state index in [0.29, 0.717) is 12.3 Å². The van der Waals surface area contributed by atoms with Crippen LogP contribution in [0.15, 0.2) is 41.1 Å². The molecule has 5 heteroatoms. The normalized spacial score (nSPS) is 11.0. The highest BCUT2D eigenvalue weighted by molar-refractivity contribution is 5.85. The van der Waals surface area contributed by atoms with Gasteiger partial charge >= 0.3 is 5.97 Å². The molecule has 96 valence electrons. The molecule has 19 heavy (non-hydrogen) atoms. The maximum atomic E-state index is 10.7. The Morgan fingerprint density at radius 3 is 2.95 bits per heavy atom. The molecule has 1 N–H and O–H groups in total. The lowest BCUT2D eigenvalue weighted by atomic mass is 10.2. The fourth-order valence-corrected chi connectivity index (χ4v) is 2.11. The van der Waals surface area contributed by atoms with Crippen LogP contribution in [0.4, 0.5) is 0 Å². The van der Waals surface area contributed by atoms with Gasteiger partial charge in [-0.15, -0.1) is 0 Å². The topological polar surface area (TPSA) is 68.3 Å². The fourth-order valence-electron chi connectivity index (χ4n) is 2.11. The van der Waals surface area contributed by atoms with Crippen molar-refractivity contribution in [1.82, 2.24) is 9.72 Å². The lowest BCUT2D eigenvalue weighted by Crippen LogP contribution is -1.97. The molecule has 0 radical (unpaired) electrons. The first-order valence-corrected chi connectivity index (χ1v) is 5.88. The summed E-state index contributed by atoms with van der Waals surface area (Å²) in [4.78, 5) is 10.7. The van der Waals surface area contributed by atoms with Gasteiger partial charge in [0.15, 0.2) is 11.5 Å². The number of aromatic carboxylic acids is 1. The average Bonchev–Trinajstić information content (AvgIpc) is 2.97. The van der Waals surface area contributed by atoms with Gasteiger partial charge < -0.3 is 14.2 Å². The zero-order valence-corrected chi connectivity index (χ0v) is 10.3. The van der Waals surface area contributed by atoms with Crippen molar-refractivity contribution in [3.8, 4) is 0 Å². The van der Waals surface area contributed by atoms with Gasteiger partial charge in [-0.1, -0.05) is 16.8 Å². The minimum absolute atomic E-state index is 0.0673. The highest BCUT2D eigenvalue weighted by atomic mass is 16.5. The minimum Gasteiger partial charge on any atom is -0.476 e. The predicted molar refractivity (Wildman–Crippen MR) is 69.2 cm³/mol. The summed E-state index contributed by atoms with van der Waals surface area (Å²) in [5, 5.41) is 13.5. The summed E-state index contributed by atoms with van der Waals surface area (Å²) < 4.78 is 7.02. The largest absolute Gasteiger partial charge is 0.476 e. The summed E-state index contributed by atoms with van der Waals surface area (Å²) in [7, 11) is 0. The van der Waals surface area contributed by atoms with E-state index in [9.17, 15) is 4.79 Å². The van der Waals surface area contributed by atoms with Crippen LogP contribution in [-0.4, -0.2) is 20.8 Å². The second-order valence-corrected chi connectivity index (χ2v) is 4.49. The van der Waals surface area contributed by atoms with E-state index in [2.05, 4.69) is 11.2 Å². The standard InChI is InChI=1S/C14H12N2O3/c1-9-2-3-13-10(6-9)4-5-16(13)8-11-7-12(14(17)18)15-19-11/h2-7H,8H2,1H3,(H,17,18). The molecule has 3 rings (SSSR count). The molecule has 3 aromatic rings. The minimum atomic E-state index is -1.08. The molecular formula is C14H12N2O3. The number of benzene rings is 1. The molecule has 0 atom stereocenters. The van der Waals surface area contributed by atoms with Gasteiger partial charge in [-0.2, -0.15) is 0 Å². The van der Waals surface area contributed by atoms with E-state index in [1.807, 2.05) is 35.9 Å². The van der Waals surface area contributed by atoms with Crippen molar-refractivity contribution in [3.63, 3.8) is 0 Å². The van der Waals surface area contributed by atoms with E-state index in [4.69, 9.17) is 9.63 Å². The molecule has 5 nitrogen and oxygen atoms in total. The van der Waals surface area contributed by atoms with Gasteiger partial charge in [-0.05, 0) is 30.5 Å². The molecule has 0 bridgehead atoms. The van der Waals surface area contributed by atoms with Crippen LogP contribution < -0.4 is 0 Å². The number of carboxylic acid groups (broad SMARTS) is 1. The molecule has 0 aliphatic carbocycles. The molecule has 0 spiro atoms. The molecule has 0 fully saturated rings. The lowest BCUT2D eigenvalue weighted by molar-refractivity contribution is 0.0685. The number of aromatic nitrogens is 2. The van der Waals surface area contributed by atoms with Crippen molar-refractivity contribution < 1.29 is 14.4 Å². The Hall–Kier alpha value is -2.56. The second kappa shape index (κ2) is 4.28. The van der Waals surface area contributed by atoms with E-state index >= 15 is 0 Å². The van der Waals surface area contributed by atoms with Crippen molar-refractivity contribution >= 4 is 16.9 Å². The molecule has 1 aromatic carbocycles. The first-order chi connectivity index (χ1) is 9.13. The monoisotopic (exact) mass is 256 g/mol. The lowest BCUT2D eigenvalue weighted by Gasteiger charge is -2.02. The van der Waals surface area contributed by atoms with Crippen LogP contribution in [-0.2, 0) is 6.54 Å². The van der Waals surface area contributed by atoms with E-state index in [0.717, 1.165) is 10.9 Å². The summed E-state index contributed by atoms with van der Waals surface area (Å²) in [5.74, 6) is -0.557. The van der Waals surface area contributed by atoms with Crippen molar-refractivity contribution in [2.75, 3.05) is 0 Å². The Kier molecular flexibility index (Phi) is 2.59. The summed E-state index contributed by atoms with van der Waals surface area (Å²) in [5.41, 5.74) is 2.22. The number of hydrogen-bond donors (Lipinski definition) is 1. The number of hydrogen-bond acceptors (Lipinski definition) is 3. The van der Waals surface area contributed by atoms with Gasteiger partial charge in [0, 0.05) is 17.8 Å². The van der Waals surface area contributed by atoms with E-state index in [1.54, 1.807) is 0 Å². The Morgan fingerprint density at radius 1 is 1.37 bits per heavy atom. The highest BCUT2D eigenvalue weighted by Crippen LogP contribution is 2.19. The van der Waals surface area contributed by atoms with E-state index in [-0.39, 0.29) is 5.69 Å². The molecule has 0 amide bonds. The van der Waals surface area contributed by atoms with Crippen LogP contribution in [0.5, 0.6) is 0 Å². The van der Waals surface area contributed by atoms with Gasteiger partial charge in [0.1, 0.15) is 0 Å². The number of rotatable bonds is 3. The summed E-state index contributed by atoms with van der Waals surface area (Å²) in [6, 6.07) is 9.66. The van der Waals surface area contributed by atoms with Crippen molar-refractivity contribution in [3.05, 3.63) is 53.5 Å². The smallest absolute Gasteiger partial charge is 0.358 e. The van der Waals surface area contributed by atoms with Gasteiger partial charge in [-0.25, -0.2) is 4.79 Å². The zero-order valence-electron chi connectivity index (χ0n) is 10.3. The third kappa shape index (κ3) is 2.10. The van der Waals surface area contributed by atoms with Gasteiger partial charge in [0.05, 0.1) is 6.54 Å². The SMILES string of the molecule is Cc1ccc2c(ccn2Cc2cc(C(=O)O)no2)c1. The summed E-state index contributed by atoms with van der Waals surface area (Å²) in [6.45, 7) is 2.51. The van der Waals surface area contributed by atoms with Crippen molar-refractivity contribution in [2.24, 2.45) is 0 Å². The number of carbonyl (C=O) groups is 1. The van der Waals surface area contributed by atoms with Crippen LogP contribution in [0.1, 0.15) is 21.8 Å². The molecule has 2 aromatic heterocycles. The van der Waals surface area contributed by atoms with Gasteiger partial charge in [0.2, 0.25) is 0 Å². The van der Waals surface area contributed by atoms with E-state index in [1.165, 1.54) is 11.6 Å². The molecule has 0 aliphatic heterocycles. The summed E-state index contributed by atoms with van der Waals surface area (Å²) in [6.07, 6.45) is 1.95. The molecule has 2 heterocycles. The molecule has 0 saturated heterocycles. The fraction of sp³-hybridized carbons (Fsp3) is 0.143. The van der Waals surface area contributed by atoms with Crippen LogP contribution in [0.25, 0.3) is 10.9 Å². The first-order valence-electron chi connectivity index (χ1n) is 5.88. The Bertz CT molecular complexity index is 755. The third-order valence-electron chi connectivity index (χ3n) is 3.03. The van der Waals surface area contributed by atoms with Crippen LogP contribution in [0.3, 0.4) is 0 Å². The average molecular weight is 256 g/mol. The van der Waals surface area contributed by atoms with E-state index < -0.39 is 5.97 Å². The highest BCUT2D eigenvalue weighted by Gasteiger charge is 2.11. The zero-order chi connectivity index (χ0) is 13.4. The predicted octanol–water partition coefficient (Wildman–Crippen LogP) is 2.68. The van der Waals surface area contributed by atoms with Gasteiger partial charge in [-0.3, -0.25) is 0 Å². The number of aryl methyl sites for hydroxylation is 1. The maximum absolute atomic E-state index is 10.7. The number of fused-ring (bicyclic) bond motifs is 1. The number of nitrogens with zero attached hydrogens (tertiary/aromatic N) is 2. The van der Waals surface area contributed by atoms with Crippen LogP contribution >= 0.6 is 0 Å². The molecule has 0 aliphatic rings. The third-order valence-corrected chi connectivity index (χ3v) is 3.03. The van der Waals surface area contributed by atoms with Crippen LogP contribution in [0, 0.1) is 6.92 Å². The molecule has 0 unspecified atom stereocenters. The second-order valence-electron chi connectivity index (χ2n) is 4.49. The first kappa shape index (κ1) is 11.5. The quantitative estimate of drug-likeness (QED) is 0.782. The summed E-state index contributed by atoms with van der Waals surface area (Å²) >= 11 is 0. The molecular weight excluding hydrogens is 244 g/mol. The molecule has 0 saturated carbocycles. The Labute approximate surface area is 109 Å². The Morgan fingerprint density at radius 2 is 2.21 bits per heavy atom. The van der Waals surface area contributed by atoms with Crippen LogP contribution in [0.2, 0.25) is 0 Å². The van der Waals surface area contributed by atoms with Gasteiger partial charge in [0.25, 0.3) is 0 Å². The number of carboxylic acids is 1. The Balaban J connectivity index is 1.94. The maximum Gasteiger partial charge on any atom is 0.358 e. The van der Waals surface area contributed by atoms with Crippen molar-refractivity contribution in [1.29, 1.82) is 0 Å². The van der Waals surface area contributed by atoms with Crippen molar-refractivity contribution in [2.45, 2.75) is 13.5 Å².